The molecule has 1 spiro atoms. The summed E-state index contributed by atoms with van der Waals surface area (Å²) in [4.78, 5) is 0. The molecule has 1 heterocycles. The van der Waals surface area contributed by atoms with E-state index < -0.39 is 0 Å². The summed E-state index contributed by atoms with van der Waals surface area (Å²) in [6.45, 7) is 9.02. The second kappa shape index (κ2) is 10.1. The van der Waals surface area contributed by atoms with Crippen molar-refractivity contribution in [2.24, 2.45) is 45.8 Å². The van der Waals surface area contributed by atoms with Gasteiger partial charge in [-0.2, -0.15) is 0 Å². The summed E-state index contributed by atoms with van der Waals surface area (Å²) in [5, 5.41) is 15.0. The summed E-state index contributed by atoms with van der Waals surface area (Å²) in [5.74, 6) is 2.62. The van der Waals surface area contributed by atoms with Gasteiger partial charge in [0, 0.05) is 36.3 Å². The van der Waals surface area contributed by atoms with Crippen molar-refractivity contribution in [3.63, 3.8) is 0 Å². The van der Waals surface area contributed by atoms with Crippen LogP contribution in [-0.2, 0) is 0 Å². The third kappa shape index (κ3) is 4.77. The summed E-state index contributed by atoms with van der Waals surface area (Å²) in [7, 11) is 0. The quantitative estimate of drug-likeness (QED) is 0.268. The van der Waals surface area contributed by atoms with Gasteiger partial charge in [0.1, 0.15) is 0 Å². The normalized spacial score (nSPS) is 53.9. The third-order valence-corrected chi connectivity index (χ3v) is 13.8. The second-order valence-corrected chi connectivity index (χ2v) is 17.4. The Morgan fingerprint density at radius 1 is 0.707 bits per heavy atom. The summed E-state index contributed by atoms with van der Waals surface area (Å²) in [5.41, 5.74) is 24.8. The van der Waals surface area contributed by atoms with Gasteiger partial charge in [0.25, 0.3) is 0 Å². The first-order chi connectivity index (χ1) is 19.4. The van der Waals surface area contributed by atoms with E-state index in [-0.39, 0.29) is 33.4 Å². The van der Waals surface area contributed by atoms with Crippen LogP contribution >= 0.6 is 0 Å². The first kappa shape index (κ1) is 29.4. The average Bonchev–Trinajstić information content (AvgIpc) is 2.88. The van der Waals surface area contributed by atoms with Gasteiger partial charge in [-0.25, -0.2) is 10.4 Å². The molecule has 8 aliphatic rings. The van der Waals surface area contributed by atoms with E-state index in [0.717, 1.165) is 62.7 Å². The van der Waals surface area contributed by atoms with Crippen LogP contribution < -0.4 is 38.6 Å². The molecule has 10 N–H and O–H groups in total. The van der Waals surface area contributed by atoms with Crippen molar-refractivity contribution >= 4 is 0 Å². The minimum absolute atomic E-state index is 0.0325. The highest BCUT2D eigenvalue weighted by Crippen LogP contribution is 2.63. The minimum atomic E-state index is -0.389. The van der Waals surface area contributed by atoms with E-state index in [4.69, 9.17) is 17.2 Å². The zero-order valence-corrected chi connectivity index (χ0v) is 26.5. The SMILES string of the molecule is CC1(C)CCCC(C)(CN)C12NC1CCCC(N)(C1)NCNC1(N)CCCC(C1)NN2C12CC3CC(CC(C3)C1)C2. The fourth-order valence-electron chi connectivity index (χ4n) is 12.3. The van der Waals surface area contributed by atoms with Crippen LogP contribution in [0.3, 0.4) is 0 Å². The summed E-state index contributed by atoms with van der Waals surface area (Å²) in [6, 6.07) is 0.689. The molecule has 8 fully saturated rings. The summed E-state index contributed by atoms with van der Waals surface area (Å²) in [6.07, 6.45) is 20.5. The van der Waals surface area contributed by atoms with E-state index in [0.29, 0.717) is 25.3 Å². The molecule has 6 unspecified atom stereocenters. The molecule has 7 aliphatic carbocycles. The predicted molar refractivity (Wildman–Crippen MR) is 166 cm³/mol. The van der Waals surface area contributed by atoms with Crippen LogP contribution in [0.1, 0.15) is 130 Å². The zero-order chi connectivity index (χ0) is 28.7. The first-order valence-electron chi connectivity index (χ1n) is 17.5. The Hall–Kier alpha value is -0.320. The third-order valence-electron chi connectivity index (χ3n) is 13.8. The number of nitrogens with zero attached hydrogens (tertiary/aromatic N) is 1. The Morgan fingerprint density at radius 3 is 1.85 bits per heavy atom. The highest BCUT2D eigenvalue weighted by Gasteiger charge is 2.68. The van der Waals surface area contributed by atoms with Gasteiger partial charge in [-0.3, -0.25) is 16.0 Å². The number of nitrogens with one attached hydrogen (secondary N) is 4. The van der Waals surface area contributed by atoms with E-state index in [9.17, 15) is 0 Å². The van der Waals surface area contributed by atoms with E-state index in [1.165, 1.54) is 64.2 Å². The van der Waals surface area contributed by atoms with Crippen molar-refractivity contribution in [3.05, 3.63) is 0 Å². The van der Waals surface area contributed by atoms with Gasteiger partial charge in [-0.15, -0.1) is 0 Å². The first-order valence-corrected chi connectivity index (χ1v) is 17.5. The lowest BCUT2D eigenvalue weighted by Crippen LogP contribution is -2.86. The van der Waals surface area contributed by atoms with Crippen LogP contribution in [0.25, 0.3) is 0 Å². The van der Waals surface area contributed by atoms with Gasteiger partial charge in [0.15, 0.2) is 0 Å². The van der Waals surface area contributed by atoms with Crippen molar-refractivity contribution in [1.29, 1.82) is 0 Å². The smallest absolute Gasteiger partial charge is 0.0971 e. The average molecular weight is 571 g/mol. The Morgan fingerprint density at radius 2 is 1.27 bits per heavy atom. The van der Waals surface area contributed by atoms with Crippen LogP contribution in [-0.4, -0.2) is 52.8 Å². The topological polar surface area (TPSA) is 129 Å². The van der Waals surface area contributed by atoms with E-state index >= 15 is 0 Å². The Kier molecular flexibility index (Phi) is 7.24. The van der Waals surface area contributed by atoms with E-state index in [1.54, 1.807) is 0 Å². The lowest BCUT2D eigenvalue weighted by molar-refractivity contribution is -0.257. The van der Waals surface area contributed by atoms with Gasteiger partial charge in [0.05, 0.1) is 17.0 Å². The molecular formula is C33H62N8. The molecule has 8 bridgehead atoms. The molecule has 1 saturated heterocycles. The van der Waals surface area contributed by atoms with Crippen LogP contribution in [0, 0.1) is 28.6 Å². The van der Waals surface area contributed by atoms with E-state index in [2.05, 4.69) is 47.2 Å². The van der Waals surface area contributed by atoms with Gasteiger partial charge in [-0.05, 0) is 126 Å². The fourth-order valence-corrected chi connectivity index (χ4v) is 12.3. The van der Waals surface area contributed by atoms with Crippen LogP contribution in [0.15, 0.2) is 0 Å². The molecule has 7 saturated carbocycles. The number of hydrogen-bond donors (Lipinski definition) is 7. The second-order valence-electron chi connectivity index (χ2n) is 17.4. The van der Waals surface area contributed by atoms with Gasteiger partial charge in [0.2, 0.25) is 0 Å². The maximum atomic E-state index is 7.17. The zero-order valence-electron chi connectivity index (χ0n) is 26.5. The lowest BCUT2D eigenvalue weighted by Gasteiger charge is -2.72. The molecule has 8 nitrogen and oxygen atoms in total. The predicted octanol–water partition coefficient (Wildman–Crippen LogP) is 3.57. The highest BCUT2D eigenvalue weighted by molar-refractivity contribution is 5.20. The van der Waals surface area contributed by atoms with Crippen molar-refractivity contribution in [1.82, 2.24) is 26.4 Å². The van der Waals surface area contributed by atoms with Crippen LogP contribution in [0.4, 0.5) is 0 Å². The molecule has 8 heteroatoms. The maximum Gasteiger partial charge on any atom is 0.0971 e. The molecule has 0 aromatic heterocycles. The summed E-state index contributed by atoms with van der Waals surface area (Å²) < 4.78 is 0. The molecule has 0 radical (unpaired) electrons. The molecule has 8 rings (SSSR count). The highest BCUT2D eigenvalue weighted by atomic mass is 15.6. The number of hydrogen-bond acceptors (Lipinski definition) is 8. The van der Waals surface area contributed by atoms with Crippen molar-refractivity contribution in [2.75, 3.05) is 13.2 Å². The minimum Gasteiger partial charge on any atom is -0.330 e. The lowest BCUT2D eigenvalue weighted by atomic mass is 9.49. The molecule has 0 aromatic carbocycles. The van der Waals surface area contributed by atoms with Gasteiger partial charge >= 0.3 is 0 Å². The van der Waals surface area contributed by atoms with Crippen LogP contribution in [0.5, 0.6) is 0 Å². The van der Waals surface area contributed by atoms with Crippen molar-refractivity contribution in [2.45, 2.75) is 165 Å². The molecular weight excluding hydrogens is 508 g/mol. The van der Waals surface area contributed by atoms with Gasteiger partial charge in [-0.1, -0.05) is 27.2 Å². The molecule has 234 valence electrons. The molecule has 6 atom stereocenters. The number of rotatable bonds is 2. The fraction of sp³-hybridized carbons (Fsp3) is 1.00. The largest absolute Gasteiger partial charge is 0.330 e. The van der Waals surface area contributed by atoms with Gasteiger partial charge < -0.3 is 17.2 Å². The Balaban J connectivity index is 1.41. The molecule has 41 heavy (non-hydrogen) atoms. The van der Waals surface area contributed by atoms with Crippen molar-refractivity contribution in [3.8, 4) is 0 Å². The standard InChI is InChI=1S/C33H62N8/c1-28(2)9-6-10-29(3,21-34)33(28)39-26-7-4-11-31(35,19-26)37-22-38-32(36)12-5-8-27(20-32)40-41(33)30-16-23-13-24(17-30)15-25(14-23)18-30/h23-27,37-40H,4-22,34-36H2,1-3H3. The Labute approximate surface area is 249 Å². The Bertz CT molecular complexity index is 951. The number of nitrogens with two attached hydrogens (primary N) is 3. The van der Waals surface area contributed by atoms with E-state index in [1.807, 2.05) is 0 Å². The monoisotopic (exact) mass is 571 g/mol. The van der Waals surface area contributed by atoms with Crippen LogP contribution in [0.2, 0.25) is 0 Å². The molecule has 0 aromatic rings. The van der Waals surface area contributed by atoms with Crippen molar-refractivity contribution < 1.29 is 0 Å². The number of fused-ring (bicyclic) bond motifs is 4. The summed E-state index contributed by atoms with van der Waals surface area (Å²) >= 11 is 0. The molecule has 1 aliphatic heterocycles. The number of hydrazine groups is 1. The molecule has 0 amide bonds. The maximum absolute atomic E-state index is 7.17.